The number of nitrogens with zero attached hydrogens (tertiary/aromatic N) is 2. The number of amides is 1. The summed E-state index contributed by atoms with van der Waals surface area (Å²) in [6.07, 6.45) is 10.4. The van der Waals surface area contributed by atoms with Crippen molar-refractivity contribution in [1.29, 1.82) is 0 Å². The van der Waals surface area contributed by atoms with Gasteiger partial charge in [0, 0.05) is 30.5 Å². The van der Waals surface area contributed by atoms with Crippen molar-refractivity contribution >= 4 is 17.7 Å². The van der Waals surface area contributed by atoms with Crippen LogP contribution in [0.4, 0.5) is 4.79 Å². The molecule has 1 aromatic heterocycles. The number of unbranched alkanes of at least 4 members (excludes halogenated alkanes) is 1. The second-order valence-electron chi connectivity index (χ2n) is 6.85. The number of benzene rings is 1. The van der Waals surface area contributed by atoms with Crippen molar-refractivity contribution in [2.45, 2.75) is 38.5 Å². The van der Waals surface area contributed by atoms with Crippen molar-refractivity contribution in [2.75, 3.05) is 13.1 Å². The maximum Gasteiger partial charge on any atom is 0.415 e. The minimum atomic E-state index is -0.261. The zero-order chi connectivity index (χ0) is 18.2. The molecule has 0 bridgehead atoms. The van der Waals surface area contributed by atoms with E-state index in [0.717, 1.165) is 32.4 Å². The number of aromatic nitrogens is 1. The average Bonchev–Trinajstić information content (AvgIpc) is 2.68. The summed E-state index contributed by atoms with van der Waals surface area (Å²) in [5.41, 5.74) is 1.36. The highest BCUT2D eigenvalue weighted by molar-refractivity contribution is 6.30. The van der Waals surface area contributed by atoms with E-state index in [1.165, 1.54) is 24.8 Å². The van der Waals surface area contributed by atoms with E-state index in [1.807, 2.05) is 17.3 Å². The quantitative estimate of drug-likeness (QED) is 0.641. The molecule has 0 saturated carbocycles. The lowest BCUT2D eigenvalue weighted by atomic mass is 9.91. The number of piperidine rings is 1. The van der Waals surface area contributed by atoms with Gasteiger partial charge in [-0.3, -0.25) is 4.98 Å². The number of hydrogen-bond acceptors (Lipinski definition) is 3. The van der Waals surface area contributed by atoms with Crippen LogP contribution in [0.2, 0.25) is 5.02 Å². The van der Waals surface area contributed by atoms with Crippen LogP contribution in [-0.4, -0.2) is 29.1 Å². The topological polar surface area (TPSA) is 42.4 Å². The highest BCUT2D eigenvalue weighted by atomic mass is 35.5. The van der Waals surface area contributed by atoms with Gasteiger partial charge in [0.15, 0.2) is 0 Å². The lowest BCUT2D eigenvalue weighted by Crippen LogP contribution is -2.40. The van der Waals surface area contributed by atoms with E-state index < -0.39 is 0 Å². The van der Waals surface area contributed by atoms with E-state index in [2.05, 4.69) is 17.1 Å². The molecular weight excluding hydrogens is 348 g/mol. The Morgan fingerprint density at radius 3 is 2.46 bits per heavy atom. The molecule has 0 aliphatic carbocycles. The summed E-state index contributed by atoms with van der Waals surface area (Å²) in [6.45, 7) is 1.56. The minimum absolute atomic E-state index is 0.261. The third-order valence-corrected chi connectivity index (χ3v) is 5.22. The molecule has 0 radical (unpaired) electrons. The van der Waals surface area contributed by atoms with E-state index >= 15 is 0 Å². The van der Waals surface area contributed by atoms with Crippen LogP contribution >= 0.6 is 11.6 Å². The molecule has 1 fully saturated rings. The number of ether oxygens (including phenoxy) is 1. The van der Waals surface area contributed by atoms with Gasteiger partial charge in [-0.25, -0.2) is 4.79 Å². The first kappa shape index (κ1) is 18.7. The van der Waals surface area contributed by atoms with Crippen LogP contribution in [0.15, 0.2) is 48.8 Å². The lowest BCUT2D eigenvalue weighted by Gasteiger charge is -2.31. The van der Waals surface area contributed by atoms with Crippen molar-refractivity contribution in [3.63, 3.8) is 0 Å². The number of likely N-dealkylation sites (tertiary alicyclic amines) is 1. The molecule has 1 aliphatic heterocycles. The first-order valence-electron chi connectivity index (χ1n) is 9.32. The van der Waals surface area contributed by atoms with Gasteiger partial charge in [-0.1, -0.05) is 24.4 Å². The Labute approximate surface area is 160 Å². The van der Waals surface area contributed by atoms with E-state index in [0.29, 0.717) is 16.7 Å². The molecule has 1 aromatic carbocycles. The second-order valence-corrected chi connectivity index (χ2v) is 7.29. The summed E-state index contributed by atoms with van der Waals surface area (Å²) in [6, 6.07) is 11.1. The van der Waals surface area contributed by atoms with Gasteiger partial charge in [0.2, 0.25) is 0 Å². The van der Waals surface area contributed by atoms with Crippen LogP contribution in [0.5, 0.6) is 5.75 Å². The molecule has 26 heavy (non-hydrogen) atoms. The average molecular weight is 373 g/mol. The van der Waals surface area contributed by atoms with Gasteiger partial charge in [-0.2, -0.15) is 0 Å². The zero-order valence-corrected chi connectivity index (χ0v) is 15.7. The van der Waals surface area contributed by atoms with Crippen LogP contribution in [0, 0.1) is 5.92 Å². The molecule has 3 rings (SSSR count). The summed E-state index contributed by atoms with van der Waals surface area (Å²) >= 11 is 5.85. The van der Waals surface area contributed by atoms with Crippen molar-refractivity contribution in [3.8, 4) is 5.75 Å². The number of rotatable bonds is 6. The molecule has 2 aromatic rings. The van der Waals surface area contributed by atoms with Gasteiger partial charge >= 0.3 is 6.09 Å². The Hall–Kier alpha value is -2.07. The monoisotopic (exact) mass is 372 g/mol. The molecule has 1 aliphatic rings. The predicted molar refractivity (Wildman–Crippen MR) is 104 cm³/mol. The van der Waals surface area contributed by atoms with Crippen LogP contribution < -0.4 is 4.74 Å². The molecule has 2 heterocycles. The van der Waals surface area contributed by atoms with Gasteiger partial charge < -0.3 is 9.64 Å². The molecular formula is C21H25ClN2O2. The smallest absolute Gasteiger partial charge is 0.410 e. The van der Waals surface area contributed by atoms with E-state index in [1.54, 1.807) is 24.3 Å². The van der Waals surface area contributed by atoms with E-state index in [9.17, 15) is 4.79 Å². The SMILES string of the molecule is O=C(Oc1ccc(Cl)cc1)N1CCC(CCCCc2ccncc2)CC1. The van der Waals surface area contributed by atoms with Crippen molar-refractivity contribution in [2.24, 2.45) is 5.92 Å². The molecule has 5 heteroatoms. The zero-order valence-electron chi connectivity index (χ0n) is 14.9. The molecule has 1 saturated heterocycles. The van der Waals surface area contributed by atoms with E-state index in [4.69, 9.17) is 16.3 Å². The number of pyridine rings is 1. The minimum Gasteiger partial charge on any atom is -0.410 e. The fraction of sp³-hybridized carbons (Fsp3) is 0.429. The lowest BCUT2D eigenvalue weighted by molar-refractivity contribution is 0.129. The van der Waals surface area contributed by atoms with Crippen LogP contribution in [0.1, 0.15) is 37.7 Å². The fourth-order valence-electron chi connectivity index (χ4n) is 3.38. The number of halogens is 1. The van der Waals surface area contributed by atoms with Gasteiger partial charge in [0.05, 0.1) is 0 Å². The maximum atomic E-state index is 12.2. The Balaban J connectivity index is 1.33. The highest BCUT2D eigenvalue weighted by Crippen LogP contribution is 2.24. The summed E-state index contributed by atoms with van der Waals surface area (Å²) in [5.74, 6) is 1.25. The van der Waals surface area contributed by atoms with Gasteiger partial charge in [-0.15, -0.1) is 0 Å². The third-order valence-electron chi connectivity index (χ3n) is 4.97. The maximum absolute atomic E-state index is 12.2. The normalized spacial score (nSPS) is 15.0. The van der Waals surface area contributed by atoms with Gasteiger partial charge in [0.1, 0.15) is 5.75 Å². The van der Waals surface area contributed by atoms with E-state index in [-0.39, 0.29) is 6.09 Å². The standard InChI is InChI=1S/C21H25ClN2O2/c22-19-5-7-20(8-6-19)26-21(25)24-15-11-18(12-16-24)4-2-1-3-17-9-13-23-14-10-17/h5-10,13-14,18H,1-4,11-12,15-16H2. The summed E-state index contributed by atoms with van der Waals surface area (Å²) < 4.78 is 5.41. The number of hydrogen-bond donors (Lipinski definition) is 0. The van der Waals surface area contributed by atoms with Gasteiger partial charge in [-0.05, 0) is 73.6 Å². The number of aryl methyl sites for hydroxylation is 1. The predicted octanol–water partition coefficient (Wildman–Crippen LogP) is 5.36. The second kappa shape index (κ2) is 9.58. The molecule has 0 N–H and O–H groups in total. The summed E-state index contributed by atoms with van der Waals surface area (Å²) in [4.78, 5) is 18.1. The molecule has 4 nitrogen and oxygen atoms in total. The fourth-order valence-corrected chi connectivity index (χ4v) is 3.51. The van der Waals surface area contributed by atoms with Crippen LogP contribution in [0.3, 0.4) is 0 Å². The Morgan fingerprint density at radius 2 is 1.77 bits per heavy atom. The Bertz CT molecular complexity index is 683. The number of carbonyl (C=O) groups excluding carboxylic acids is 1. The Kier molecular flexibility index (Phi) is 6.89. The first-order chi connectivity index (χ1) is 12.7. The first-order valence-corrected chi connectivity index (χ1v) is 9.70. The summed E-state index contributed by atoms with van der Waals surface area (Å²) in [5, 5.41) is 0.634. The third kappa shape index (κ3) is 5.73. The van der Waals surface area contributed by atoms with Gasteiger partial charge in [0.25, 0.3) is 0 Å². The number of carbonyl (C=O) groups is 1. The van der Waals surface area contributed by atoms with Crippen molar-refractivity contribution < 1.29 is 9.53 Å². The molecule has 0 spiro atoms. The molecule has 138 valence electrons. The van der Waals surface area contributed by atoms with Crippen LogP contribution in [0.25, 0.3) is 0 Å². The van der Waals surface area contributed by atoms with Crippen molar-refractivity contribution in [3.05, 3.63) is 59.4 Å². The summed E-state index contributed by atoms with van der Waals surface area (Å²) in [7, 11) is 0. The van der Waals surface area contributed by atoms with Crippen LogP contribution in [-0.2, 0) is 6.42 Å². The molecule has 0 atom stereocenters. The largest absolute Gasteiger partial charge is 0.415 e. The van der Waals surface area contributed by atoms with Crippen molar-refractivity contribution in [1.82, 2.24) is 9.88 Å². The molecule has 1 amide bonds. The Morgan fingerprint density at radius 1 is 1.08 bits per heavy atom. The molecule has 0 unspecified atom stereocenters. The highest BCUT2D eigenvalue weighted by Gasteiger charge is 2.23.